The molecule has 2 aromatic heterocycles. The Labute approximate surface area is 186 Å². The summed E-state index contributed by atoms with van der Waals surface area (Å²) in [6, 6.07) is 16.6. The monoisotopic (exact) mass is 426 g/mol. The number of para-hydroxylation sites is 1. The van der Waals surface area contributed by atoms with Crippen LogP contribution in [0.25, 0.3) is 10.9 Å². The second-order valence-corrected chi connectivity index (χ2v) is 9.04. The van der Waals surface area contributed by atoms with E-state index >= 15 is 0 Å². The third-order valence-corrected chi connectivity index (χ3v) is 6.99. The van der Waals surface area contributed by atoms with Gasteiger partial charge >= 0.3 is 0 Å². The number of rotatable bonds is 4. The summed E-state index contributed by atoms with van der Waals surface area (Å²) in [5.41, 5.74) is 5.03. The van der Waals surface area contributed by atoms with Crippen molar-refractivity contribution in [2.24, 2.45) is 0 Å². The molecule has 0 amide bonds. The van der Waals surface area contributed by atoms with Crippen LogP contribution in [-0.2, 0) is 6.42 Å². The lowest BCUT2D eigenvalue weighted by Crippen LogP contribution is -2.34. The van der Waals surface area contributed by atoms with Crippen molar-refractivity contribution < 1.29 is 0 Å². The first kappa shape index (κ1) is 19.2. The van der Waals surface area contributed by atoms with Gasteiger partial charge in [0.15, 0.2) is 5.82 Å². The van der Waals surface area contributed by atoms with Crippen LogP contribution in [0.4, 0.5) is 5.69 Å². The Balaban J connectivity index is 1.56. The standard InChI is InChI=1S/C25H26N6O/c1-16-10-11-18-15-20(25(32)26-21(18)14-16)23(30-13-12-17-6-2-5-9-22(17)30)24-27-28-29-31(24)19-7-3-4-8-19/h2,5-6,9-11,14-15,19,23H,3-4,7-8,12-13H2,1H3,(H,26,32)/t23-/m0/s1. The summed E-state index contributed by atoms with van der Waals surface area (Å²) in [7, 11) is 0. The normalized spacial score (nSPS) is 17.2. The van der Waals surface area contributed by atoms with Gasteiger partial charge < -0.3 is 9.88 Å². The lowest BCUT2D eigenvalue weighted by Gasteiger charge is -2.30. The molecule has 0 unspecified atom stereocenters. The number of aromatic nitrogens is 5. The fourth-order valence-corrected chi connectivity index (χ4v) is 5.40. The van der Waals surface area contributed by atoms with Gasteiger partial charge in [0.05, 0.1) is 6.04 Å². The fourth-order valence-electron chi connectivity index (χ4n) is 5.40. The number of benzene rings is 2. The Morgan fingerprint density at radius 2 is 1.94 bits per heavy atom. The van der Waals surface area contributed by atoms with E-state index in [0.717, 1.165) is 53.8 Å². The van der Waals surface area contributed by atoms with Crippen molar-refractivity contribution in [1.82, 2.24) is 25.2 Å². The molecule has 1 aliphatic heterocycles. The van der Waals surface area contributed by atoms with E-state index in [1.165, 1.54) is 18.4 Å². The number of nitrogens with one attached hydrogen (secondary N) is 1. The van der Waals surface area contributed by atoms with Crippen LogP contribution in [0.2, 0.25) is 0 Å². The Hall–Kier alpha value is -3.48. The molecule has 162 valence electrons. The van der Waals surface area contributed by atoms with Crippen LogP contribution in [0.1, 0.15) is 60.3 Å². The summed E-state index contributed by atoms with van der Waals surface area (Å²) in [5, 5.41) is 14.0. The van der Waals surface area contributed by atoms with E-state index in [4.69, 9.17) is 0 Å². The third kappa shape index (κ3) is 3.11. The first-order valence-electron chi connectivity index (χ1n) is 11.4. The molecule has 2 aliphatic rings. The predicted octanol–water partition coefficient (Wildman–Crippen LogP) is 4.09. The molecular formula is C25H26N6O. The molecule has 32 heavy (non-hydrogen) atoms. The molecule has 1 atom stereocenters. The molecule has 4 aromatic rings. The molecule has 6 rings (SSSR count). The molecule has 0 bridgehead atoms. The molecule has 0 saturated heterocycles. The minimum Gasteiger partial charge on any atom is -0.357 e. The Kier molecular flexibility index (Phi) is 4.56. The first-order chi connectivity index (χ1) is 15.7. The highest BCUT2D eigenvalue weighted by Crippen LogP contribution is 2.39. The molecule has 3 heterocycles. The van der Waals surface area contributed by atoms with Crippen molar-refractivity contribution in [2.75, 3.05) is 11.4 Å². The summed E-state index contributed by atoms with van der Waals surface area (Å²) >= 11 is 0. The van der Waals surface area contributed by atoms with E-state index in [-0.39, 0.29) is 11.6 Å². The molecule has 2 aromatic carbocycles. The number of anilines is 1. The number of fused-ring (bicyclic) bond motifs is 2. The van der Waals surface area contributed by atoms with Crippen LogP contribution in [0.5, 0.6) is 0 Å². The maximum absolute atomic E-state index is 13.4. The van der Waals surface area contributed by atoms with Gasteiger partial charge in [-0.3, -0.25) is 4.79 Å². The van der Waals surface area contributed by atoms with Crippen LogP contribution in [0, 0.1) is 6.92 Å². The number of aromatic amines is 1. The second-order valence-electron chi connectivity index (χ2n) is 9.04. The van der Waals surface area contributed by atoms with Gasteiger partial charge in [-0.15, -0.1) is 5.10 Å². The zero-order chi connectivity index (χ0) is 21.7. The maximum Gasteiger partial charge on any atom is 0.254 e. The molecule has 7 heteroatoms. The van der Waals surface area contributed by atoms with Crippen LogP contribution < -0.4 is 10.5 Å². The summed E-state index contributed by atoms with van der Waals surface area (Å²) in [4.78, 5) is 18.8. The number of nitrogens with zero attached hydrogens (tertiary/aromatic N) is 5. The van der Waals surface area contributed by atoms with Gasteiger partial charge in [0.2, 0.25) is 0 Å². The average molecular weight is 427 g/mol. The number of aryl methyl sites for hydroxylation is 1. The van der Waals surface area contributed by atoms with Gasteiger partial charge in [0.25, 0.3) is 5.56 Å². The van der Waals surface area contributed by atoms with Crippen molar-refractivity contribution in [1.29, 1.82) is 0 Å². The SMILES string of the molecule is Cc1ccc2cc([C@@H](c3nnnn3C3CCCC3)N3CCc4ccccc43)c(=O)[nH]c2c1. The highest BCUT2D eigenvalue weighted by molar-refractivity contribution is 5.80. The number of hydrogen-bond acceptors (Lipinski definition) is 5. The van der Waals surface area contributed by atoms with Crippen molar-refractivity contribution in [3.63, 3.8) is 0 Å². The highest BCUT2D eigenvalue weighted by atomic mass is 16.1. The van der Waals surface area contributed by atoms with E-state index in [2.05, 4.69) is 61.8 Å². The zero-order valence-electron chi connectivity index (χ0n) is 18.2. The van der Waals surface area contributed by atoms with Gasteiger partial charge in [-0.2, -0.15) is 0 Å². The largest absolute Gasteiger partial charge is 0.357 e. The third-order valence-electron chi connectivity index (χ3n) is 6.99. The van der Waals surface area contributed by atoms with Crippen LogP contribution in [-0.4, -0.2) is 31.7 Å². The Morgan fingerprint density at radius 1 is 1.09 bits per heavy atom. The first-order valence-corrected chi connectivity index (χ1v) is 11.4. The van der Waals surface area contributed by atoms with Crippen LogP contribution in [0.15, 0.2) is 53.3 Å². The number of hydrogen-bond donors (Lipinski definition) is 1. The lowest BCUT2D eigenvalue weighted by atomic mass is 10.0. The molecule has 7 nitrogen and oxygen atoms in total. The van der Waals surface area contributed by atoms with E-state index in [1.54, 1.807) is 0 Å². The summed E-state index contributed by atoms with van der Waals surface area (Å²) in [5.74, 6) is 0.755. The van der Waals surface area contributed by atoms with Gasteiger partial charge in [0, 0.05) is 23.3 Å². The summed E-state index contributed by atoms with van der Waals surface area (Å²) < 4.78 is 1.98. The molecule has 1 saturated carbocycles. The minimum atomic E-state index is -0.344. The molecule has 1 N–H and O–H groups in total. The summed E-state index contributed by atoms with van der Waals surface area (Å²) in [6.45, 7) is 2.86. The van der Waals surface area contributed by atoms with E-state index < -0.39 is 0 Å². The maximum atomic E-state index is 13.4. The van der Waals surface area contributed by atoms with E-state index in [1.807, 2.05) is 23.7 Å². The smallest absolute Gasteiger partial charge is 0.254 e. The number of pyridine rings is 1. The summed E-state index contributed by atoms with van der Waals surface area (Å²) in [6.07, 6.45) is 5.49. The number of H-pyrrole nitrogens is 1. The molecule has 0 radical (unpaired) electrons. The van der Waals surface area contributed by atoms with Gasteiger partial charge in [0.1, 0.15) is 6.04 Å². The molecule has 0 spiro atoms. The van der Waals surface area contributed by atoms with Crippen molar-refractivity contribution in [3.05, 3.63) is 81.4 Å². The van der Waals surface area contributed by atoms with E-state index in [9.17, 15) is 4.79 Å². The van der Waals surface area contributed by atoms with Crippen LogP contribution in [0.3, 0.4) is 0 Å². The fraction of sp³-hybridized carbons (Fsp3) is 0.360. The zero-order valence-corrected chi connectivity index (χ0v) is 18.2. The lowest BCUT2D eigenvalue weighted by molar-refractivity contribution is 0.428. The Morgan fingerprint density at radius 3 is 2.81 bits per heavy atom. The van der Waals surface area contributed by atoms with Crippen LogP contribution >= 0.6 is 0 Å². The van der Waals surface area contributed by atoms with Gasteiger partial charge in [-0.25, -0.2) is 4.68 Å². The molecule has 1 fully saturated rings. The molecular weight excluding hydrogens is 400 g/mol. The minimum absolute atomic E-state index is 0.0848. The highest BCUT2D eigenvalue weighted by Gasteiger charge is 2.35. The van der Waals surface area contributed by atoms with Crippen molar-refractivity contribution in [3.8, 4) is 0 Å². The quantitative estimate of drug-likeness (QED) is 0.532. The topological polar surface area (TPSA) is 79.7 Å². The van der Waals surface area contributed by atoms with Gasteiger partial charge in [-0.1, -0.05) is 43.2 Å². The number of tetrazole rings is 1. The molecule has 1 aliphatic carbocycles. The van der Waals surface area contributed by atoms with Crippen molar-refractivity contribution in [2.45, 2.75) is 51.1 Å². The van der Waals surface area contributed by atoms with Gasteiger partial charge in [-0.05, 0) is 71.3 Å². The Bertz CT molecular complexity index is 1350. The second kappa shape index (κ2) is 7.58. The van der Waals surface area contributed by atoms with Crippen molar-refractivity contribution >= 4 is 16.6 Å². The predicted molar refractivity (Wildman–Crippen MR) is 124 cm³/mol. The van der Waals surface area contributed by atoms with E-state index in [0.29, 0.717) is 11.6 Å². The average Bonchev–Trinajstić information content (AvgIpc) is 3.56.